The molecule has 144 valence electrons. The van der Waals surface area contributed by atoms with Crippen LogP contribution in [-0.2, 0) is 14.8 Å². The standard InChI is InChI=1S/C20H24N2O4S/c1-14-5-10-20(15(2)13-14)27(25,26)21-11-12-22(17(4)24)19-8-6-18(7-9-19)16(3)23/h5-10,13,21H,11-12H2,1-4H3. The van der Waals surface area contributed by atoms with Crippen LogP contribution in [0.25, 0.3) is 0 Å². The molecule has 0 aliphatic rings. The lowest BCUT2D eigenvalue weighted by molar-refractivity contribution is -0.116. The van der Waals surface area contributed by atoms with Crippen molar-refractivity contribution >= 4 is 27.4 Å². The van der Waals surface area contributed by atoms with Crippen molar-refractivity contribution in [1.29, 1.82) is 0 Å². The van der Waals surface area contributed by atoms with Crippen LogP contribution in [0.1, 0.15) is 35.3 Å². The summed E-state index contributed by atoms with van der Waals surface area (Å²) in [4.78, 5) is 25.0. The number of nitrogens with zero attached hydrogens (tertiary/aromatic N) is 1. The molecule has 2 rings (SSSR count). The zero-order chi connectivity index (χ0) is 20.2. The summed E-state index contributed by atoms with van der Waals surface area (Å²) in [6.07, 6.45) is 0. The van der Waals surface area contributed by atoms with Crippen LogP contribution in [0.15, 0.2) is 47.4 Å². The van der Waals surface area contributed by atoms with Crippen LogP contribution in [0.5, 0.6) is 0 Å². The second-order valence-electron chi connectivity index (χ2n) is 6.44. The van der Waals surface area contributed by atoms with Gasteiger partial charge in [0.25, 0.3) is 0 Å². The van der Waals surface area contributed by atoms with E-state index < -0.39 is 10.0 Å². The molecule has 0 saturated carbocycles. The van der Waals surface area contributed by atoms with Crippen molar-refractivity contribution in [2.24, 2.45) is 0 Å². The van der Waals surface area contributed by atoms with E-state index in [4.69, 9.17) is 0 Å². The fraction of sp³-hybridized carbons (Fsp3) is 0.300. The topological polar surface area (TPSA) is 83.6 Å². The SMILES string of the molecule is CC(=O)c1ccc(N(CCNS(=O)(=O)c2ccc(C)cc2C)C(C)=O)cc1. The molecule has 0 heterocycles. The van der Waals surface area contributed by atoms with Gasteiger partial charge in [0, 0.05) is 31.3 Å². The minimum atomic E-state index is -3.66. The fourth-order valence-corrected chi connectivity index (χ4v) is 4.06. The van der Waals surface area contributed by atoms with E-state index in [0.717, 1.165) is 5.56 Å². The van der Waals surface area contributed by atoms with Crippen LogP contribution in [0.4, 0.5) is 5.69 Å². The summed E-state index contributed by atoms with van der Waals surface area (Å²) in [5.74, 6) is -0.270. The van der Waals surface area contributed by atoms with E-state index in [1.165, 1.54) is 18.7 Å². The summed E-state index contributed by atoms with van der Waals surface area (Å²) in [6, 6.07) is 11.8. The molecule has 0 radical (unpaired) electrons. The highest BCUT2D eigenvalue weighted by molar-refractivity contribution is 7.89. The van der Waals surface area contributed by atoms with Crippen molar-refractivity contribution < 1.29 is 18.0 Å². The highest BCUT2D eigenvalue weighted by atomic mass is 32.2. The molecule has 0 bridgehead atoms. The van der Waals surface area contributed by atoms with Gasteiger partial charge in [0.15, 0.2) is 5.78 Å². The first-order chi connectivity index (χ1) is 12.6. The van der Waals surface area contributed by atoms with E-state index in [-0.39, 0.29) is 29.7 Å². The lowest BCUT2D eigenvalue weighted by Gasteiger charge is -2.21. The number of benzene rings is 2. The van der Waals surface area contributed by atoms with Crippen LogP contribution < -0.4 is 9.62 Å². The Hall–Kier alpha value is -2.51. The molecule has 2 aromatic rings. The lowest BCUT2D eigenvalue weighted by atomic mass is 10.1. The highest BCUT2D eigenvalue weighted by Crippen LogP contribution is 2.18. The Kier molecular flexibility index (Phi) is 6.51. The average Bonchev–Trinajstić information content (AvgIpc) is 2.58. The van der Waals surface area contributed by atoms with Crippen LogP contribution in [0.3, 0.4) is 0 Å². The van der Waals surface area contributed by atoms with E-state index in [9.17, 15) is 18.0 Å². The molecule has 0 aromatic heterocycles. The Balaban J connectivity index is 2.10. The van der Waals surface area contributed by atoms with Gasteiger partial charge in [-0.05, 0) is 56.7 Å². The smallest absolute Gasteiger partial charge is 0.240 e. The Morgan fingerprint density at radius 1 is 1.00 bits per heavy atom. The van der Waals surface area contributed by atoms with Crippen LogP contribution >= 0.6 is 0 Å². The number of anilines is 1. The van der Waals surface area contributed by atoms with Gasteiger partial charge in [0.05, 0.1) is 4.90 Å². The van der Waals surface area contributed by atoms with Crippen molar-refractivity contribution in [3.8, 4) is 0 Å². The molecule has 0 saturated heterocycles. The zero-order valence-corrected chi connectivity index (χ0v) is 16.8. The Labute approximate surface area is 160 Å². The first-order valence-corrected chi connectivity index (χ1v) is 10.1. The molecule has 1 amide bonds. The molecule has 1 N–H and O–H groups in total. The summed E-state index contributed by atoms with van der Waals surface area (Å²) < 4.78 is 27.6. The minimum Gasteiger partial charge on any atom is -0.311 e. The van der Waals surface area contributed by atoms with E-state index in [1.54, 1.807) is 43.3 Å². The number of carbonyl (C=O) groups is 2. The number of aryl methyl sites for hydroxylation is 2. The summed E-state index contributed by atoms with van der Waals surface area (Å²) in [6.45, 7) is 6.79. The molecule has 0 fully saturated rings. The van der Waals surface area contributed by atoms with E-state index in [0.29, 0.717) is 16.8 Å². The van der Waals surface area contributed by atoms with Crippen LogP contribution in [0.2, 0.25) is 0 Å². The van der Waals surface area contributed by atoms with Gasteiger partial charge in [-0.25, -0.2) is 13.1 Å². The van der Waals surface area contributed by atoms with Crippen molar-refractivity contribution in [2.45, 2.75) is 32.6 Å². The van der Waals surface area contributed by atoms with Gasteiger partial charge in [-0.15, -0.1) is 0 Å². The maximum atomic E-state index is 12.5. The van der Waals surface area contributed by atoms with Gasteiger partial charge in [0.2, 0.25) is 15.9 Å². The monoisotopic (exact) mass is 388 g/mol. The average molecular weight is 388 g/mol. The molecule has 2 aromatic carbocycles. The number of hydrogen-bond acceptors (Lipinski definition) is 4. The van der Waals surface area contributed by atoms with Gasteiger partial charge in [-0.2, -0.15) is 0 Å². The van der Waals surface area contributed by atoms with Crippen LogP contribution in [0, 0.1) is 13.8 Å². The third kappa shape index (κ3) is 5.24. The van der Waals surface area contributed by atoms with Crippen molar-refractivity contribution in [2.75, 3.05) is 18.0 Å². The number of sulfonamides is 1. The second kappa shape index (κ2) is 8.45. The summed E-state index contributed by atoms with van der Waals surface area (Å²) in [7, 11) is -3.66. The molecule has 0 spiro atoms. The van der Waals surface area contributed by atoms with E-state index in [2.05, 4.69) is 4.72 Å². The Morgan fingerprint density at radius 2 is 1.63 bits per heavy atom. The number of rotatable bonds is 7. The van der Waals surface area contributed by atoms with Crippen molar-refractivity contribution in [1.82, 2.24) is 4.72 Å². The van der Waals surface area contributed by atoms with E-state index >= 15 is 0 Å². The number of nitrogens with one attached hydrogen (secondary N) is 1. The predicted molar refractivity (Wildman–Crippen MR) is 106 cm³/mol. The number of hydrogen-bond donors (Lipinski definition) is 1. The molecular formula is C20H24N2O4S. The van der Waals surface area contributed by atoms with E-state index in [1.807, 2.05) is 13.0 Å². The first-order valence-electron chi connectivity index (χ1n) is 8.58. The molecule has 0 atom stereocenters. The predicted octanol–water partition coefficient (Wildman–Crippen LogP) is 2.84. The Morgan fingerprint density at radius 3 is 2.15 bits per heavy atom. The number of carbonyl (C=O) groups excluding carboxylic acids is 2. The van der Waals surface area contributed by atoms with Crippen molar-refractivity contribution in [3.05, 3.63) is 59.2 Å². The molecule has 6 nitrogen and oxygen atoms in total. The van der Waals surface area contributed by atoms with Gasteiger partial charge in [0.1, 0.15) is 0 Å². The summed E-state index contributed by atoms with van der Waals surface area (Å²) in [5, 5.41) is 0. The van der Waals surface area contributed by atoms with Gasteiger partial charge < -0.3 is 4.90 Å². The number of amides is 1. The summed E-state index contributed by atoms with van der Waals surface area (Å²) in [5.41, 5.74) is 2.82. The molecule has 0 aliphatic carbocycles. The van der Waals surface area contributed by atoms with Gasteiger partial charge >= 0.3 is 0 Å². The third-order valence-corrected chi connectivity index (χ3v) is 5.83. The number of Topliss-reactive ketones (excluding diaryl/α,β-unsaturated/α-hetero) is 1. The molecule has 0 aliphatic heterocycles. The molecule has 0 unspecified atom stereocenters. The third-order valence-electron chi connectivity index (χ3n) is 4.21. The number of ketones is 1. The molecule has 7 heteroatoms. The fourth-order valence-electron chi connectivity index (χ4n) is 2.81. The lowest BCUT2D eigenvalue weighted by Crippen LogP contribution is -2.37. The highest BCUT2D eigenvalue weighted by Gasteiger charge is 2.18. The quantitative estimate of drug-likeness (QED) is 0.739. The van der Waals surface area contributed by atoms with Crippen molar-refractivity contribution in [3.63, 3.8) is 0 Å². The first kappa shape index (κ1) is 20.8. The second-order valence-corrected chi connectivity index (χ2v) is 8.18. The van der Waals surface area contributed by atoms with Crippen LogP contribution in [-0.4, -0.2) is 33.2 Å². The van der Waals surface area contributed by atoms with Gasteiger partial charge in [-0.3, -0.25) is 9.59 Å². The van der Waals surface area contributed by atoms with Gasteiger partial charge in [-0.1, -0.05) is 17.7 Å². The largest absolute Gasteiger partial charge is 0.311 e. The zero-order valence-electron chi connectivity index (χ0n) is 15.9. The molecular weight excluding hydrogens is 364 g/mol. The minimum absolute atomic E-state index is 0.0582. The normalized spacial score (nSPS) is 11.3. The Bertz CT molecular complexity index is 950. The maximum absolute atomic E-state index is 12.5. The molecule has 27 heavy (non-hydrogen) atoms. The maximum Gasteiger partial charge on any atom is 0.240 e. The summed E-state index contributed by atoms with van der Waals surface area (Å²) >= 11 is 0.